The highest BCUT2D eigenvalue weighted by Crippen LogP contribution is 2.28. The van der Waals surface area contributed by atoms with E-state index in [0.29, 0.717) is 26.1 Å². The van der Waals surface area contributed by atoms with Gasteiger partial charge in [-0.1, -0.05) is 6.07 Å². The Balaban J connectivity index is 0.00000420. The molecule has 1 aliphatic rings. The van der Waals surface area contributed by atoms with Crippen molar-refractivity contribution in [3.05, 3.63) is 22.4 Å². The van der Waals surface area contributed by atoms with Crippen molar-refractivity contribution in [2.45, 2.75) is 38.4 Å². The maximum absolute atomic E-state index is 12.4. The molecule has 0 aliphatic carbocycles. The summed E-state index contributed by atoms with van der Waals surface area (Å²) in [5, 5.41) is 8.58. The van der Waals surface area contributed by atoms with Crippen molar-refractivity contribution < 1.29 is 13.2 Å². The molecule has 0 bridgehead atoms. The minimum atomic E-state index is -4.15. The van der Waals surface area contributed by atoms with Gasteiger partial charge in [0.25, 0.3) is 0 Å². The maximum atomic E-state index is 12.4. The fourth-order valence-electron chi connectivity index (χ4n) is 3.38. The molecule has 2 heterocycles. The summed E-state index contributed by atoms with van der Waals surface area (Å²) in [5.41, 5.74) is 0. The molecule has 1 unspecified atom stereocenters. The molecule has 168 valence electrons. The molecule has 2 N–H and O–H groups in total. The number of aliphatic imine (C=N–C) groups is 1. The molecule has 1 aliphatic heterocycles. The summed E-state index contributed by atoms with van der Waals surface area (Å²) in [6, 6.07) is 4.53. The molecular weight excluding hydrogens is 514 g/mol. The Morgan fingerprint density at radius 3 is 2.62 bits per heavy atom. The SMILES string of the molecule is CCNC(=NCC(c1cccs1)N1CCCC1)NCCCN(C)CC(F)(F)F.I. The fraction of sp³-hybridized carbons (Fsp3) is 0.737. The molecular formula is C19H33F3IN5S. The number of likely N-dealkylation sites (tertiary alicyclic amines) is 1. The molecule has 0 aromatic carbocycles. The standard InChI is InChI=1S/C19H32F3N5S.HI/c1-3-23-18(24-9-7-10-26(2)15-19(20,21)22)25-14-16(17-8-6-13-28-17)27-11-4-5-12-27;/h6,8,13,16H,3-5,7,9-12,14-15H2,1-2H3,(H2,23,24,25);1H. The van der Waals surface area contributed by atoms with Gasteiger partial charge in [-0.15, -0.1) is 35.3 Å². The number of rotatable bonds is 10. The monoisotopic (exact) mass is 547 g/mol. The van der Waals surface area contributed by atoms with Crippen LogP contribution in [-0.4, -0.2) is 74.8 Å². The Morgan fingerprint density at radius 1 is 1.31 bits per heavy atom. The van der Waals surface area contributed by atoms with Gasteiger partial charge >= 0.3 is 6.18 Å². The van der Waals surface area contributed by atoms with Crippen molar-refractivity contribution in [2.75, 3.05) is 52.9 Å². The Bertz CT molecular complexity index is 577. The molecule has 0 radical (unpaired) electrons. The van der Waals surface area contributed by atoms with E-state index in [1.807, 2.05) is 6.92 Å². The van der Waals surface area contributed by atoms with E-state index < -0.39 is 12.7 Å². The number of thiophene rings is 1. The number of hydrogen-bond donors (Lipinski definition) is 2. The number of guanidine groups is 1. The molecule has 1 fully saturated rings. The van der Waals surface area contributed by atoms with Gasteiger partial charge in [-0.05, 0) is 64.3 Å². The second-order valence-corrected chi connectivity index (χ2v) is 8.11. The van der Waals surface area contributed by atoms with E-state index in [9.17, 15) is 13.2 Å². The number of hydrogen-bond acceptors (Lipinski definition) is 4. The average Bonchev–Trinajstić information content (AvgIpc) is 3.31. The summed E-state index contributed by atoms with van der Waals surface area (Å²) in [5.74, 6) is 0.724. The zero-order chi connectivity index (χ0) is 20.4. The van der Waals surface area contributed by atoms with Crippen LogP contribution in [0.1, 0.15) is 37.1 Å². The van der Waals surface area contributed by atoms with Crippen LogP contribution in [0.3, 0.4) is 0 Å². The van der Waals surface area contributed by atoms with Crippen LogP contribution in [0.25, 0.3) is 0 Å². The summed E-state index contributed by atoms with van der Waals surface area (Å²) in [6.45, 7) is 5.72. The number of halogens is 4. The lowest BCUT2D eigenvalue weighted by Crippen LogP contribution is -2.40. The summed E-state index contributed by atoms with van der Waals surface area (Å²) >= 11 is 1.76. The number of nitrogens with one attached hydrogen (secondary N) is 2. The van der Waals surface area contributed by atoms with Gasteiger partial charge < -0.3 is 10.6 Å². The summed E-state index contributed by atoms with van der Waals surface area (Å²) in [7, 11) is 1.49. The van der Waals surface area contributed by atoms with Crippen LogP contribution >= 0.6 is 35.3 Å². The van der Waals surface area contributed by atoms with Crippen LogP contribution in [0, 0.1) is 0 Å². The van der Waals surface area contributed by atoms with Gasteiger partial charge in [-0.2, -0.15) is 13.2 Å². The first-order chi connectivity index (χ1) is 13.4. The Morgan fingerprint density at radius 2 is 2.03 bits per heavy atom. The Labute approximate surface area is 193 Å². The van der Waals surface area contributed by atoms with Crippen molar-refractivity contribution in [3.8, 4) is 0 Å². The van der Waals surface area contributed by atoms with E-state index in [1.54, 1.807) is 11.3 Å². The van der Waals surface area contributed by atoms with E-state index in [-0.39, 0.29) is 30.0 Å². The van der Waals surface area contributed by atoms with Crippen molar-refractivity contribution in [3.63, 3.8) is 0 Å². The fourth-order valence-corrected chi connectivity index (χ4v) is 4.23. The Hall–Kier alpha value is -0.590. The minimum Gasteiger partial charge on any atom is -0.357 e. The van der Waals surface area contributed by atoms with E-state index in [2.05, 4.69) is 33.0 Å². The lowest BCUT2D eigenvalue weighted by atomic mass is 10.2. The third-order valence-electron chi connectivity index (χ3n) is 4.68. The first-order valence-corrected chi connectivity index (χ1v) is 10.8. The number of alkyl halides is 3. The van der Waals surface area contributed by atoms with Crippen LogP contribution in [0.4, 0.5) is 13.2 Å². The van der Waals surface area contributed by atoms with Crippen LogP contribution in [0.5, 0.6) is 0 Å². The largest absolute Gasteiger partial charge is 0.401 e. The van der Waals surface area contributed by atoms with Gasteiger partial charge in [0, 0.05) is 18.0 Å². The van der Waals surface area contributed by atoms with Crippen molar-refractivity contribution >= 4 is 41.3 Å². The molecule has 2 rings (SSSR count). The van der Waals surface area contributed by atoms with Gasteiger partial charge in [0.15, 0.2) is 5.96 Å². The molecule has 0 amide bonds. The third kappa shape index (κ3) is 10.3. The highest BCUT2D eigenvalue weighted by Gasteiger charge is 2.28. The van der Waals surface area contributed by atoms with Gasteiger partial charge in [-0.3, -0.25) is 14.8 Å². The molecule has 0 saturated carbocycles. The molecule has 0 spiro atoms. The molecule has 1 aromatic heterocycles. The lowest BCUT2D eigenvalue weighted by molar-refractivity contribution is -0.143. The second kappa shape index (κ2) is 13.7. The molecule has 1 atom stereocenters. The molecule has 1 saturated heterocycles. The Kier molecular flexibility index (Phi) is 12.5. The summed E-state index contributed by atoms with van der Waals surface area (Å²) in [4.78, 5) is 9.87. The molecule has 1 aromatic rings. The predicted molar refractivity (Wildman–Crippen MR) is 125 cm³/mol. The second-order valence-electron chi connectivity index (χ2n) is 7.13. The van der Waals surface area contributed by atoms with Crippen LogP contribution in [0.15, 0.2) is 22.5 Å². The minimum absolute atomic E-state index is 0. The van der Waals surface area contributed by atoms with E-state index in [0.717, 1.165) is 25.6 Å². The zero-order valence-electron chi connectivity index (χ0n) is 17.2. The van der Waals surface area contributed by atoms with Crippen LogP contribution < -0.4 is 10.6 Å². The highest BCUT2D eigenvalue weighted by molar-refractivity contribution is 14.0. The number of nitrogens with zero attached hydrogens (tertiary/aromatic N) is 3. The maximum Gasteiger partial charge on any atom is 0.401 e. The van der Waals surface area contributed by atoms with Crippen LogP contribution in [0.2, 0.25) is 0 Å². The van der Waals surface area contributed by atoms with E-state index in [1.165, 1.54) is 29.7 Å². The molecule has 5 nitrogen and oxygen atoms in total. The summed E-state index contributed by atoms with van der Waals surface area (Å²) < 4.78 is 37.1. The van der Waals surface area contributed by atoms with Crippen molar-refractivity contribution in [2.24, 2.45) is 4.99 Å². The predicted octanol–water partition coefficient (Wildman–Crippen LogP) is 3.94. The quantitative estimate of drug-likeness (QED) is 0.202. The van der Waals surface area contributed by atoms with Crippen molar-refractivity contribution in [1.82, 2.24) is 20.4 Å². The first-order valence-electron chi connectivity index (χ1n) is 9.94. The third-order valence-corrected chi connectivity index (χ3v) is 5.65. The van der Waals surface area contributed by atoms with Gasteiger partial charge in [0.1, 0.15) is 0 Å². The van der Waals surface area contributed by atoms with E-state index in [4.69, 9.17) is 4.99 Å². The van der Waals surface area contributed by atoms with E-state index >= 15 is 0 Å². The normalized spacial score (nSPS) is 16.7. The smallest absolute Gasteiger partial charge is 0.357 e. The summed E-state index contributed by atoms with van der Waals surface area (Å²) in [6.07, 6.45) is -1.06. The van der Waals surface area contributed by atoms with Gasteiger partial charge in [-0.25, -0.2) is 0 Å². The van der Waals surface area contributed by atoms with Gasteiger partial charge in [0.05, 0.1) is 19.1 Å². The van der Waals surface area contributed by atoms with Crippen LogP contribution in [-0.2, 0) is 0 Å². The topological polar surface area (TPSA) is 42.9 Å². The zero-order valence-corrected chi connectivity index (χ0v) is 20.3. The molecule has 29 heavy (non-hydrogen) atoms. The molecule has 10 heteroatoms. The lowest BCUT2D eigenvalue weighted by Gasteiger charge is -2.25. The van der Waals surface area contributed by atoms with Gasteiger partial charge in [0.2, 0.25) is 0 Å². The highest BCUT2D eigenvalue weighted by atomic mass is 127. The average molecular weight is 547 g/mol. The first kappa shape index (κ1) is 26.4. The van der Waals surface area contributed by atoms with Crippen molar-refractivity contribution in [1.29, 1.82) is 0 Å².